The summed E-state index contributed by atoms with van der Waals surface area (Å²) in [5.74, 6) is -0.473. The van der Waals surface area contributed by atoms with Gasteiger partial charge in [0.2, 0.25) is 0 Å². The fourth-order valence-electron chi connectivity index (χ4n) is 4.67. The van der Waals surface area contributed by atoms with Crippen molar-refractivity contribution in [3.8, 4) is 11.4 Å². The Labute approximate surface area is 213 Å². The Hall–Kier alpha value is -4.02. The first-order chi connectivity index (χ1) is 17.4. The van der Waals surface area contributed by atoms with E-state index in [1.165, 1.54) is 6.07 Å². The molecule has 0 saturated carbocycles. The third kappa shape index (κ3) is 4.73. The van der Waals surface area contributed by atoms with Crippen LogP contribution in [0.1, 0.15) is 39.1 Å². The average Bonchev–Trinajstić information content (AvgIpc) is 3.19. The SMILES string of the molecule is Cc1cc2cc(-c3nc(=O)n4cc(N5CCN(C(=O)OC(C)(C)C)[C@@H](C)C5)cc(F)c4n3)cc(C)n2n1. The number of amides is 1. The van der Waals surface area contributed by atoms with Crippen LogP contribution in [0.2, 0.25) is 0 Å². The third-order valence-electron chi connectivity index (χ3n) is 6.34. The molecule has 194 valence electrons. The number of halogens is 1. The molecule has 1 atom stereocenters. The molecule has 11 heteroatoms. The fraction of sp³-hybridized carbons (Fsp3) is 0.423. The summed E-state index contributed by atoms with van der Waals surface area (Å²) in [6, 6.07) is 6.78. The molecule has 0 unspecified atom stereocenters. The molecule has 0 spiro atoms. The molecule has 0 bridgehead atoms. The molecule has 1 aliphatic heterocycles. The summed E-state index contributed by atoms with van der Waals surface area (Å²) in [5.41, 5.74) is 2.37. The number of anilines is 1. The Morgan fingerprint density at radius 2 is 1.86 bits per heavy atom. The standard InChI is InChI=1S/C26H30FN7O3/c1-15-9-19-11-18(10-16(2)34(19)30-15)22-28-23-21(27)12-20(14-33(23)24(35)29-22)31-7-8-32(17(3)13-31)25(36)37-26(4,5)6/h9-12,14,17H,7-8,13H2,1-6H3/t17-/m0/s1. The number of ether oxygens (including phenoxy) is 1. The molecule has 1 amide bonds. The zero-order valence-electron chi connectivity index (χ0n) is 21.8. The first-order valence-corrected chi connectivity index (χ1v) is 12.2. The van der Waals surface area contributed by atoms with Crippen molar-refractivity contribution in [2.24, 2.45) is 0 Å². The quantitative estimate of drug-likeness (QED) is 0.409. The van der Waals surface area contributed by atoms with E-state index in [2.05, 4.69) is 15.1 Å². The maximum atomic E-state index is 15.3. The van der Waals surface area contributed by atoms with Gasteiger partial charge >= 0.3 is 11.8 Å². The molecule has 4 aromatic rings. The summed E-state index contributed by atoms with van der Waals surface area (Å²) in [6.45, 7) is 12.5. The molecule has 1 aliphatic rings. The lowest BCUT2D eigenvalue weighted by molar-refractivity contribution is 0.0159. The smallest absolute Gasteiger partial charge is 0.410 e. The van der Waals surface area contributed by atoms with Gasteiger partial charge in [0.25, 0.3) is 0 Å². The summed E-state index contributed by atoms with van der Waals surface area (Å²) >= 11 is 0. The lowest BCUT2D eigenvalue weighted by Gasteiger charge is -2.41. The fourth-order valence-corrected chi connectivity index (χ4v) is 4.67. The predicted molar refractivity (Wildman–Crippen MR) is 137 cm³/mol. The number of pyridine rings is 2. The number of hydrogen-bond donors (Lipinski definition) is 0. The van der Waals surface area contributed by atoms with Crippen LogP contribution in [0.5, 0.6) is 0 Å². The lowest BCUT2D eigenvalue weighted by atomic mass is 10.1. The average molecular weight is 508 g/mol. The number of carbonyl (C=O) groups excluding carboxylic acids is 1. The molecule has 0 aliphatic carbocycles. The van der Waals surface area contributed by atoms with Gasteiger partial charge in [0.15, 0.2) is 17.3 Å². The molecule has 1 saturated heterocycles. The lowest BCUT2D eigenvalue weighted by Crippen LogP contribution is -2.55. The van der Waals surface area contributed by atoms with Crippen molar-refractivity contribution in [2.75, 3.05) is 24.5 Å². The van der Waals surface area contributed by atoms with Crippen LogP contribution in [0.15, 0.2) is 35.3 Å². The number of fused-ring (bicyclic) bond motifs is 2. The van der Waals surface area contributed by atoms with Crippen molar-refractivity contribution in [3.05, 3.63) is 58.2 Å². The first kappa shape index (κ1) is 24.7. The molecule has 10 nitrogen and oxygen atoms in total. The van der Waals surface area contributed by atoms with Crippen molar-refractivity contribution >= 4 is 22.9 Å². The van der Waals surface area contributed by atoms with Crippen LogP contribution in [0.3, 0.4) is 0 Å². The van der Waals surface area contributed by atoms with Gasteiger partial charge in [-0.15, -0.1) is 0 Å². The van der Waals surface area contributed by atoms with E-state index in [1.54, 1.807) is 15.6 Å². The number of rotatable bonds is 2. The number of aromatic nitrogens is 5. The molecule has 0 radical (unpaired) electrons. The molecule has 0 aromatic carbocycles. The van der Waals surface area contributed by atoms with Crippen LogP contribution in [0.25, 0.3) is 22.6 Å². The van der Waals surface area contributed by atoms with E-state index in [9.17, 15) is 9.59 Å². The summed E-state index contributed by atoms with van der Waals surface area (Å²) in [4.78, 5) is 37.7. The van der Waals surface area contributed by atoms with E-state index in [1.807, 2.05) is 64.6 Å². The van der Waals surface area contributed by atoms with Gasteiger partial charge in [0, 0.05) is 49.2 Å². The number of carbonyl (C=O) groups is 1. The van der Waals surface area contributed by atoms with Gasteiger partial charge in [-0.25, -0.2) is 27.9 Å². The Morgan fingerprint density at radius 1 is 1.11 bits per heavy atom. The van der Waals surface area contributed by atoms with Gasteiger partial charge in [-0.3, -0.25) is 0 Å². The largest absolute Gasteiger partial charge is 0.444 e. The topological polar surface area (TPSA) is 97.3 Å². The van der Waals surface area contributed by atoms with E-state index in [4.69, 9.17) is 4.74 Å². The minimum absolute atomic E-state index is 0.0959. The van der Waals surface area contributed by atoms with Crippen LogP contribution >= 0.6 is 0 Å². The Bertz CT molecular complexity index is 1590. The zero-order valence-corrected chi connectivity index (χ0v) is 21.8. The first-order valence-electron chi connectivity index (χ1n) is 12.2. The van der Waals surface area contributed by atoms with E-state index in [0.717, 1.165) is 21.3 Å². The maximum Gasteiger partial charge on any atom is 0.410 e. The second kappa shape index (κ2) is 8.82. The highest BCUT2D eigenvalue weighted by Gasteiger charge is 2.31. The Morgan fingerprint density at radius 3 is 2.57 bits per heavy atom. The van der Waals surface area contributed by atoms with E-state index >= 15 is 4.39 Å². The van der Waals surface area contributed by atoms with Crippen LogP contribution < -0.4 is 10.6 Å². The highest BCUT2D eigenvalue weighted by atomic mass is 19.1. The highest BCUT2D eigenvalue weighted by molar-refractivity contribution is 5.69. The van der Waals surface area contributed by atoms with Crippen molar-refractivity contribution in [1.29, 1.82) is 0 Å². The summed E-state index contributed by atoms with van der Waals surface area (Å²) < 4.78 is 23.8. The van der Waals surface area contributed by atoms with Crippen LogP contribution in [0.4, 0.5) is 14.9 Å². The van der Waals surface area contributed by atoms with Crippen LogP contribution in [-0.4, -0.2) is 66.3 Å². The van der Waals surface area contributed by atoms with Gasteiger partial charge in [0.05, 0.1) is 16.9 Å². The molecule has 5 heterocycles. The van der Waals surface area contributed by atoms with Crippen LogP contribution in [0, 0.1) is 19.7 Å². The minimum Gasteiger partial charge on any atom is -0.444 e. The molecule has 4 aromatic heterocycles. The molecule has 1 fully saturated rings. The summed E-state index contributed by atoms with van der Waals surface area (Å²) in [7, 11) is 0. The van der Waals surface area contributed by atoms with Gasteiger partial charge in [-0.1, -0.05) is 0 Å². The minimum atomic E-state index is -0.626. The van der Waals surface area contributed by atoms with Gasteiger partial charge in [-0.2, -0.15) is 10.1 Å². The van der Waals surface area contributed by atoms with E-state index in [-0.39, 0.29) is 23.6 Å². The van der Waals surface area contributed by atoms with Crippen molar-refractivity contribution in [1.82, 2.24) is 28.9 Å². The number of hydrogen-bond acceptors (Lipinski definition) is 7. The van der Waals surface area contributed by atoms with Gasteiger partial charge in [-0.05, 0) is 59.7 Å². The molecule has 37 heavy (non-hydrogen) atoms. The maximum absolute atomic E-state index is 15.3. The highest BCUT2D eigenvalue weighted by Crippen LogP contribution is 2.25. The number of nitrogens with zero attached hydrogens (tertiary/aromatic N) is 7. The second-order valence-corrected chi connectivity index (χ2v) is 10.5. The number of piperazine rings is 1. The summed E-state index contributed by atoms with van der Waals surface area (Å²) in [6.07, 6.45) is 1.18. The van der Waals surface area contributed by atoms with E-state index < -0.39 is 17.1 Å². The van der Waals surface area contributed by atoms with E-state index in [0.29, 0.717) is 30.9 Å². The Balaban J connectivity index is 1.45. The van der Waals surface area contributed by atoms with Gasteiger partial charge in [0.1, 0.15) is 5.60 Å². The van der Waals surface area contributed by atoms with Crippen molar-refractivity contribution in [3.63, 3.8) is 0 Å². The predicted octanol–water partition coefficient (Wildman–Crippen LogP) is 3.61. The molecular weight excluding hydrogens is 477 g/mol. The monoisotopic (exact) mass is 507 g/mol. The third-order valence-corrected chi connectivity index (χ3v) is 6.34. The van der Waals surface area contributed by atoms with Crippen LogP contribution in [-0.2, 0) is 4.74 Å². The molecule has 5 rings (SSSR count). The normalized spacial score (nSPS) is 16.6. The number of aryl methyl sites for hydroxylation is 2. The molecular formula is C26H30FN7O3. The second-order valence-electron chi connectivity index (χ2n) is 10.5. The summed E-state index contributed by atoms with van der Waals surface area (Å²) in [5, 5.41) is 4.43. The molecule has 0 N–H and O–H groups in total. The Kier molecular flexibility index (Phi) is 5.88. The van der Waals surface area contributed by atoms with Crippen molar-refractivity contribution < 1.29 is 13.9 Å². The zero-order chi connectivity index (χ0) is 26.6. The van der Waals surface area contributed by atoms with Crippen molar-refractivity contribution in [2.45, 2.75) is 53.2 Å². The van der Waals surface area contributed by atoms with Gasteiger partial charge < -0.3 is 14.5 Å².